The lowest BCUT2D eigenvalue weighted by atomic mass is 9.97. The van der Waals surface area contributed by atoms with Crippen molar-refractivity contribution in [2.45, 2.75) is 44.8 Å². The maximum Gasteiger partial charge on any atom is 0.337 e. The van der Waals surface area contributed by atoms with Gasteiger partial charge in [-0.3, -0.25) is 4.90 Å². The second-order valence-electron chi connectivity index (χ2n) is 6.50. The number of rotatable bonds is 5. The Bertz CT molecular complexity index is 710. The molecular formula is C19H24N2O4. The summed E-state index contributed by atoms with van der Waals surface area (Å²) >= 11 is 0. The first-order chi connectivity index (χ1) is 12.1. The van der Waals surface area contributed by atoms with Crippen LogP contribution in [0.4, 0.5) is 0 Å². The third-order valence-corrected chi connectivity index (χ3v) is 4.85. The molecule has 1 saturated heterocycles. The van der Waals surface area contributed by atoms with Gasteiger partial charge in [0.1, 0.15) is 6.26 Å². The van der Waals surface area contributed by atoms with Gasteiger partial charge < -0.3 is 14.3 Å². The zero-order valence-corrected chi connectivity index (χ0v) is 14.6. The molecule has 2 atom stereocenters. The molecule has 6 nitrogen and oxygen atoms in total. The molecule has 3 rings (SSSR count). The molecule has 0 spiro atoms. The summed E-state index contributed by atoms with van der Waals surface area (Å²) in [6, 6.07) is 7.58. The van der Waals surface area contributed by atoms with E-state index in [1.807, 2.05) is 0 Å². The van der Waals surface area contributed by atoms with Crippen LogP contribution in [0, 0.1) is 0 Å². The van der Waals surface area contributed by atoms with E-state index in [4.69, 9.17) is 9.15 Å². The number of likely N-dealkylation sites (tertiary alicyclic amines) is 1. The smallest absolute Gasteiger partial charge is 0.337 e. The van der Waals surface area contributed by atoms with Crippen molar-refractivity contribution in [1.29, 1.82) is 0 Å². The number of ether oxygens (including phenoxy) is 1. The highest BCUT2D eigenvalue weighted by Gasteiger charge is 2.28. The number of aromatic nitrogens is 1. The molecule has 25 heavy (non-hydrogen) atoms. The van der Waals surface area contributed by atoms with Crippen LogP contribution in [0.3, 0.4) is 0 Å². The number of carbonyl (C=O) groups is 1. The van der Waals surface area contributed by atoms with Crippen molar-refractivity contribution in [2.24, 2.45) is 0 Å². The monoisotopic (exact) mass is 344 g/mol. The Kier molecular flexibility index (Phi) is 5.50. The maximum atomic E-state index is 11.5. The second-order valence-corrected chi connectivity index (χ2v) is 6.50. The van der Waals surface area contributed by atoms with E-state index >= 15 is 0 Å². The number of methoxy groups -OCH3 is 1. The number of nitrogens with zero attached hydrogens (tertiary/aromatic N) is 2. The molecule has 134 valence electrons. The summed E-state index contributed by atoms with van der Waals surface area (Å²) in [6.45, 7) is 3.02. The van der Waals surface area contributed by atoms with Crippen molar-refractivity contribution >= 4 is 5.97 Å². The SMILES string of the molecule is COC(=O)c1ccc(-c2nc(CN3C(C)CCCC3CO)co2)cc1. The number of hydrogen-bond acceptors (Lipinski definition) is 6. The summed E-state index contributed by atoms with van der Waals surface area (Å²) in [5.41, 5.74) is 2.15. The number of hydrogen-bond donors (Lipinski definition) is 1. The molecule has 2 unspecified atom stereocenters. The molecule has 0 amide bonds. The molecule has 6 heteroatoms. The fourth-order valence-electron chi connectivity index (χ4n) is 3.39. The molecular weight excluding hydrogens is 320 g/mol. The Balaban J connectivity index is 1.72. The average Bonchev–Trinajstić information content (AvgIpc) is 3.11. The Hall–Kier alpha value is -2.18. The number of aliphatic hydroxyl groups excluding tert-OH is 1. The highest BCUT2D eigenvalue weighted by atomic mass is 16.5. The minimum Gasteiger partial charge on any atom is -0.465 e. The zero-order valence-electron chi connectivity index (χ0n) is 14.6. The van der Waals surface area contributed by atoms with Crippen LogP contribution in [0.15, 0.2) is 34.9 Å². The van der Waals surface area contributed by atoms with Crippen molar-refractivity contribution in [1.82, 2.24) is 9.88 Å². The van der Waals surface area contributed by atoms with E-state index in [1.54, 1.807) is 30.5 Å². The van der Waals surface area contributed by atoms with Gasteiger partial charge in [-0.05, 0) is 44.0 Å². The Morgan fingerprint density at radius 2 is 2.12 bits per heavy atom. The fraction of sp³-hybridized carbons (Fsp3) is 0.474. The van der Waals surface area contributed by atoms with Gasteiger partial charge in [-0.2, -0.15) is 0 Å². The number of esters is 1. The predicted molar refractivity (Wildman–Crippen MR) is 93.0 cm³/mol. The highest BCUT2D eigenvalue weighted by molar-refractivity contribution is 5.89. The minimum absolute atomic E-state index is 0.171. The molecule has 2 aromatic rings. The Morgan fingerprint density at radius 1 is 1.36 bits per heavy atom. The van der Waals surface area contributed by atoms with Gasteiger partial charge in [-0.25, -0.2) is 9.78 Å². The number of benzene rings is 1. The summed E-state index contributed by atoms with van der Waals surface area (Å²) in [5.74, 6) is 0.158. The summed E-state index contributed by atoms with van der Waals surface area (Å²) in [4.78, 5) is 18.4. The lowest BCUT2D eigenvalue weighted by molar-refractivity contribution is 0.0442. The Labute approximate surface area is 147 Å². The molecule has 1 aliphatic heterocycles. The van der Waals surface area contributed by atoms with Crippen molar-refractivity contribution in [3.05, 3.63) is 41.8 Å². The predicted octanol–water partition coefficient (Wildman–Crippen LogP) is 2.86. The topological polar surface area (TPSA) is 75.8 Å². The fourth-order valence-corrected chi connectivity index (χ4v) is 3.39. The standard InChI is InChI=1S/C19H24N2O4/c1-13-4-3-5-17(11-22)21(13)10-16-12-25-18(20-16)14-6-8-15(9-7-14)19(23)24-2/h6-9,12-13,17,22H,3-5,10-11H2,1-2H3. The molecule has 1 N–H and O–H groups in total. The maximum absolute atomic E-state index is 11.5. The quantitative estimate of drug-likeness (QED) is 0.841. The normalized spacial score (nSPS) is 21.2. The third kappa shape index (κ3) is 3.91. The highest BCUT2D eigenvalue weighted by Crippen LogP contribution is 2.26. The number of aliphatic hydroxyl groups is 1. The van der Waals surface area contributed by atoms with E-state index < -0.39 is 0 Å². The molecule has 1 fully saturated rings. The van der Waals surface area contributed by atoms with E-state index in [0.717, 1.165) is 30.5 Å². The number of carbonyl (C=O) groups excluding carboxylic acids is 1. The van der Waals surface area contributed by atoms with Gasteiger partial charge >= 0.3 is 5.97 Å². The summed E-state index contributed by atoms with van der Waals surface area (Å²) < 4.78 is 10.3. The van der Waals surface area contributed by atoms with Gasteiger partial charge in [0, 0.05) is 24.2 Å². The number of piperidine rings is 1. The molecule has 0 saturated carbocycles. The lowest BCUT2D eigenvalue weighted by Gasteiger charge is -2.39. The first kappa shape index (κ1) is 17.6. The van der Waals surface area contributed by atoms with E-state index in [0.29, 0.717) is 24.0 Å². The largest absolute Gasteiger partial charge is 0.465 e. The lowest BCUT2D eigenvalue weighted by Crippen LogP contribution is -2.46. The van der Waals surface area contributed by atoms with Crippen LogP contribution < -0.4 is 0 Å². The van der Waals surface area contributed by atoms with Crippen molar-refractivity contribution < 1.29 is 19.1 Å². The summed E-state index contributed by atoms with van der Waals surface area (Å²) in [6.07, 6.45) is 4.97. The van der Waals surface area contributed by atoms with Crippen LogP contribution >= 0.6 is 0 Å². The van der Waals surface area contributed by atoms with Gasteiger partial charge in [-0.15, -0.1) is 0 Å². The van der Waals surface area contributed by atoms with Crippen LogP contribution in [-0.4, -0.2) is 46.8 Å². The molecule has 0 radical (unpaired) electrons. The molecule has 0 bridgehead atoms. The summed E-state index contributed by atoms with van der Waals surface area (Å²) in [7, 11) is 1.36. The van der Waals surface area contributed by atoms with Crippen molar-refractivity contribution in [3.8, 4) is 11.5 Å². The molecule has 1 aromatic heterocycles. The van der Waals surface area contributed by atoms with E-state index in [2.05, 4.69) is 16.8 Å². The molecule has 2 heterocycles. The van der Waals surface area contributed by atoms with Crippen LogP contribution in [0.25, 0.3) is 11.5 Å². The van der Waals surface area contributed by atoms with E-state index in [-0.39, 0.29) is 18.6 Å². The van der Waals surface area contributed by atoms with Gasteiger partial charge in [0.05, 0.1) is 25.0 Å². The average molecular weight is 344 g/mol. The third-order valence-electron chi connectivity index (χ3n) is 4.85. The first-order valence-electron chi connectivity index (χ1n) is 8.62. The molecule has 1 aliphatic rings. The van der Waals surface area contributed by atoms with Crippen LogP contribution in [-0.2, 0) is 11.3 Å². The first-order valence-corrected chi connectivity index (χ1v) is 8.62. The number of oxazole rings is 1. The molecule has 1 aromatic carbocycles. The Morgan fingerprint density at radius 3 is 2.80 bits per heavy atom. The van der Waals surface area contributed by atoms with Crippen molar-refractivity contribution in [2.75, 3.05) is 13.7 Å². The van der Waals surface area contributed by atoms with Crippen LogP contribution in [0.5, 0.6) is 0 Å². The van der Waals surface area contributed by atoms with E-state index in [1.165, 1.54) is 7.11 Å². The minimum atomic E-state index is -0.367. The van der Waals surface area contributed by atoms with Crippen LogP contribution in [0.1, 0.15) is 42.2 Å². The second kappa shape index (κ2) is 7.80. The van der Waals surface area contributed by atoms with Gasteiger partial charge in [-0.1, -0.05) is 6.42 Å². The van der Waals surface area contributed by atoms with Crippen LogP contribution in [0.2, 0.25) is 0 Å². The van der Waals surface area contributed by atoms with E-state index in [9.17, 15) is 9.90 Å². The van der Waals surface area contributed by atoms with Gasteiger partial charge in [0.15, 0.2) is 0 Å². The van der Waals surface area contributed by atoms with Gasteiger partial charge in [0.2, 0.25) is 5.89 Å². The molecule has 0 aliphatic carbocycles. The van der Waals surface area contributed by atoms with Crippen molar-refractivity contribution in [3.63, 3.8) is 0 Å². The zero-order chi connectivity index (χ0) is 17.8. The summed E-state index contributed by atoms with van der Waals surface area (Å²) in [5, 5.41) is 9.61. The van der Waals surface area contributed by atoms with Gasteiger partial charge in [0.25, 0.3) is 0 Å².